The summed E-state index contributed by atoms with van der Waals surface area (Å²) in [5.74, 6) is 0.811. The maximum absolute atomic E-state index is 10.5. The van der Waals surface area contributed by atoms with E-state index in [4.69, 9.17) is 0 Å². The molecule has 0 saturated carbocycles. The fraction of sp³-hybridized carbons (Fsp3) is 0.667. The Morgan fingerprint density at radius 2 is 2.29 bits per heavy atom. The van der Waals surface area contributed by atoms with Crippen molar-refractivity contribution in [1.82, 2.24) is 4.90 Å². The van der Waals surface area contributed by atoms with Crippen LogP contribution in [0, 0.1) is 5.92 Å². The lowest BCUT2D eigenvalue weighted by atomic mass is 9.96. The zero-order valence-corrected chi connectivity index (χ0v) is 13.1. The van der Waals surface area contributed by atoms with Crippen LogP contribution >= 0.6 is 0 Å². The van der Waals surface area contributed by atoms with Crippen LogP contribution in [0.5, 0.6) is 0 Å². The lowest BCUT2D eigenvalue weighted by Gasteiger charge is -2.31. The van der Waals surface area contributed by atoms with E-state index in [1.54, 1.807) is 0 Å². The van der Waals surface area contributed by atoms with Gasteiger partial charge in [0.1, 0.15) is 0 Å². The van der Waals surface area contributed by atoms with Crippen LogP contribution in [-0.4, -0.2) is 36.2 Å². The fourth-order valence-corrected chi connectivity index (χ4v) is 3.66. The molecule has 0 amide bonds. The van der Waals surface area contributed by atoms with Gasteiger partial charge in [0, 0.05) is 25.3 Å². The van der Waals surface area contributed by atoms with Crippen molar-refractivity contribution < 1.29 is 5.11 Å². The van der Waals surface area contributed by atoms with E-state index in [1.807, 2.05) is 0 Å². The molecule has 3 nitrogen and oxygen atoms in total. The van der Waals surface area contributed by atoms with Crippen LogP contribution in [0.2, 0.25) is 0 Å². The Balaban J connectivity index is 1.56. The van der Waals surface area contributed by atoms with E-state index >= 15 is 0 Å². The Kier molecular flexibility index (Phi) is 4.81. The van der Waals surface area contributed by atoms with Crippen molar-refractivity contribution in [1.29, 1.82) is 0 Å². The Hall–Kier alpha value is -1.06. The third-order valence-corrected chi connectivity index (χ3v) is 4.91. The van der Waals surface area contributed by atoms with Gasteiger partial charge in [0.05, 0.1) is 6.10 Å². The van der Waals surface area contributed by atoms with Crippen LogP contribution in [0.3, 0.4) is 0 Å². The minimum atomic E-state index is -0.325. The number of piperidine rings is 1. The van der Waals surface area contributed by atoms with Crippen LogP contribution in [0.25, 0.3) is 0 Å². The second-order valence-corrected chi connectivity index (χ2v) is 6.80. The quantitative estimate of drug-likeness (QED) is 0.893. The summed E-state index contributed by atoms with van der Waals surface area (Å²) in [5.41, 5.74) is 3.70. The highest BCUT2D eigenvalue weighted by molar-refractivity contribution is 5.54. The number of aliphatic hydroxyl groups is 1. The van der Waals surface area contributed by atoms with E-state index in [0.717, 1.165) is 37.4 Å². The summed E-state index contributed by atoms with van der Waals surface area (Å²) in [5, 5.41) is 13.9. The van der Waals surface area contributed by atoms with Crippen molar-refractivity contribution in [2.75, 3.05) is 31.5 Å². The molecule has 0 spiro atoms. The van der Waals surface area contributed by atoms with E-state index < -0.39 is 0 Å². The number of rotatable bonds is 4. The largest absolute Gasteiger partial charge is 0.388 e. The van der Waals surface area contributed by atoms with Crippen LogP contribution < -0.4 is 5.32 Å². The first-order chi connectivity index (χ1) is 10.2. The predicted molar refractivity (Wildman–Crippen MR) is 87.7 cm³/mol. The maximum atomic E-state index is 10.5. The number of hydrogen-bond donors (Lipinski definition) is 2. The molecule has 2 atom stereocenters. The van der Waals surface area contributed by atoms with Crippen molar-refractivity contribution >= 4 is 5.69 Å². The second-order valence-electron chi connectivity index (χ2n) is 6.80. The molecule has 3 heteroatoms. The van der Waals surface area contributed by atoms with Gasteiger partial charge in [-0.2, -0.15) is 0 Å². The normalized spacial score (nSPS) is 24.2. The van der Waals surface area contributed by atoms with Gasteiger partial charge in [-0.25, -0.2) is 0 Å². The molecular formula is C18H28N2O. The third-order valence-electron chi connectivity index (χ3n) is 4.91. The van der Waals surface area contributed by atoms with Crippen LogP contribution in [0.4, 0.5) is 5.69 Å². The van der Waals surface area contributed by atoms with Gasteiger partial charge in [0.2, 0.25) is 0 Å². The van der Waals surface area contributed by atoms with Gasteiger partial charge in [-0.15, -0.1) is 0 Å². The first-order valence-corrected chi connectivity index (χ1v) is 8.49. The Bertz CT molecular complexity index is 474. The van der Waals surface area contributed by atoms with E-state index in [0.29, 0.717) is 0 Å². The van der Waals surface area contributed by atoms with E-state index in [-0.39, 0.29) is 6.10 Å². The Morgan fingerprint density at radius 3 is 3.14 bits per heavy atom. The number of fused-ring (bicyclic) bond motifs is 1. The average Bonchev–Trinajstić information content (AvgIpc) is 2.52. The van der Waals surface area contributed by atoms with Gasteiger partial charge < -0.3 is 15.3 Å². The first-order valence-electron chi connectivity index (χ1n) is 8.49. The predicted octanol–water partition coefficient (Wildman–Crippen LogP) is 3.20. The summed E-state index contributed by atoms with van der Waals surface area (Å²) < 4.78 is 0. The van der Waals surface area contributed by atoms with Gasteiger partial charge in [0.25, 0.3) is 0 Å². The molecule has 1 saturated heterocycles. The van der Waals surface area contributed by atoms with Crippen molar-refractivity contribution in [2.24, 2.45) is 5.92 Å². The summed E-state index contributed by atoms with van der Waals surface area (Å²) in [6, 6.07) is 6.42. The molecule has 2 unspecified atom stereocenters. The molecule has 0 aliphatic carbocycles. The molecule has 3 rings (SSSR count). The van der Waals surface area contributed by atoms with Gasteiger partial charge in [-0.05, 0) is 61.8 Å². The van der Waals surface area contributed by atoms with Crippen LogP contribution in [0.1, 0.15) is 49.8 Å². The molecular weight excluding hydrogens is 260 g/mol. The zero-order chi connectivity index (χ0) is 14.7. The van der Waals surface area contributed by atoms with Crippen molar-refractivity contribution in [3.63, 3.8) is 0 Å². The topological polar surface area (TPSA) is 35.5 Å². The molecule has 116 valence electrons. The SMILES string of the molecule is CC1CCCN(CCC(O)c2ccc3c(c2)CCCN3)C1. The number of likely N-dealkylation sites (tertiary alicyclic amines) is 1. The zero-order valence-electron chi connectivity index (χ0n) is 13.1. The summed E-state index contributed by atoms with van der Waals surface area (Å²) in [7, 11) is 0. The highest BCUT2D eigenvalue weighted by Crippen LogP contribution is 2.27. The van der Waals surface area contributed by atoms with Gasteiger partial charge >= 0.3 is 0 Å². The number of hydrogen-bond acceptors (Lipinski definition) is 3. The highest BCUT2D eigenvalue weighted by Gasteiger charge is 2.18. The number of aliphatic hydroxyl groups excluding tert-OH is 1. The Morgan fingerprint density at radius 1 is 1.38 bits per heavy atom. The van der Waals surface area contributed by atoms with Crippen molar-refractivity contribution in [3.8, 4) is 0 Å². The molecule has 2 aliphatic rings. The van der Waals surface area contributed by atoms with Gasteiger partial charge in [0.15, 0.2) is 0 Å². The minimum Gasteiger partial charge on any atom is -0.388 e. The number of nitrogens with one attached hydrogen (secondary N) is 1. The van der Waals surface area contributed by atoms with E-state index in [2.05, 4.69) is 35.3 Å². The maximum Gasteiger partial charge on any atom is 0.0802 e. The molecule has 2 heterocycles. The number of nitrogens with zero attached hydrogens (tertiary/aromatic N) is 1. The van der Waals surface area contributed by atoms with Crippen LogP contribution in [0.15, 0.2) is 18.2 Å². The summed E-state index contributed by atoms with van der Waals surface area (Å²) in [6.07, 6.45) is 5.51. The van der Waals surface area contributed by atoms with Gasteiger partial charge in [-0.3, -0.25) is 0 Å². The average molecular weight is 288 g/mol. The molecule has 1 fully saturated rings. The molecule has 0 aromatic heterocycles. The first kappa shape index (κ1) is 14.9. The van der Waals surface area contributed by atoms with Gasteiger partial charge in [-0.1, -0.05) is 19.1 Å². The second kappa shape index (κ2) is 6.80. The monoisotopic (exact) mass is 288 g/mol. The summed E-state index contributed by atoms with van der Waals surface area (Å²) >= 11 is 0. The molecule has 0 radical (unpaired) electrons. The summed E-state index contributed by atoms with van der Waals surface area (Å²) in [4.78, 5) is 2.51. The standard InChI is InChI=1S/C18H28N2O/c1-14-4-3-10-20(13-14)11-8-18(21)16-6-7-17-15(12-16)5-2-9-19-17/h6-7,12,14,18-19,21H,2-5,8-11,13H2,1H3. The lowest BCUT2D eigenvalue weighted by Crippen LogP contribution is -2.35. The molecule has 0 bridgehead atoms. The molecule has 2 aliphatic heterocycles. The Labute approximate surface area is 128 Å². The fourth-order valence-electron chi connectivity index (χ4n) is 3.66. The molecule has 1 aromatic rings. The lowest BCUT2D eigenvalue weighted by molar-refractivity contribution is 0.122. The summed E-state index contributed by atoms with van der Waals surface area (Å²) in [6.45, 7) is 6.81. The molecule has 21 heavy (non-hydrogen) atoms. The molecule has 1 aromatic carbocycles. The molecule has 2 N–H and O–H groups in total. The minimum absolute atomic E-state index is 0.325. The van der Waals surface area contributed by atoms with Crippen LogP contribution in [-0.2, 0) is 6.42 Å². The van der Waals surface area contributed by atoms with Crippen molar-refractivity contribution in [3.05, 3.63) is 29.3 Å². The highest BCUT2D eigenvalue weighted by atomic mass is 16.3. The number of benzene rings is 1. The van der Waals surface area contributed by atoms with Crippen molar-refractivity contribution in [2.45, 2.75) is 45.1 Å². The third kappa shape index (κ3) is 3.78. The van der Waals surface area contributed by atoms with E-state index in [9.17, 15) is 5.11 Å². The number of aryl methyl sites for hydroxylation is 1. The number of anilines is 1. The smallest absolute Gasteiger partial charge is 0.0802 e. The van der Waals surface area contributed by atoms with E-state index in [1.165, 1.54) is 43.6 Å².